The lowest BCUT2D eigenvalue weighted by atomic mass is 10.0. The summed E-state index contributed by atoms with van der Waals surface area (Å²) in [7, 11) is 0. The molecule has 2 unspecified atom stereocenters. The molecule has 0 aliphatic rings. The van der Waals surface area contributed by atoms with Crippen molar-refractivity contribution in [2.24, 2.45) is 5.73 Å². The van der Waals surface area contributed by atoms with Crippen LogP contribution in [0.5, 0.6) is 0 Å². The second-order valence-corrected chi connectivity index (χ2v) is 4.53. The molecule has 0 aliphatic carbocycles. The third-order valence-corrected chi connectivity index (χ3v) is 2.57. The van der Waals surface area contributed by atoms with Crippen LogP contribution in [0.4, 0.5) is 0 Å². The van der Waals surface area contributed by atoms with Crippen LogP contribution in [0, 0.1) is 3.57 Å². The molecule has 0 bridgehead atoms. The molecule has 0 aliphatic heterocycles. The standard InChI is InChI=1S/C10H14INO/c1-7(12)6-10(13)8-2-4-9(11)5-3-8/h2-5,7,10,13H,6,12H2,1H3. The van der Waals surface area contributed by atoms with Crippen molar-refractivity contribution in [2.45, 2.75) is 25.5 Å². The first-order valence-electron chi connectivity index (χ1n) is 4.28. The minimum atomic E-state index is -0.433. The molecular formula is C10H14INO. The SMILES string of the molecule is CC(N)CC(O)c1ccc(I)cc1. The number of hydrogen-bond acceptors (Lipinski definition) is 2. The lowest BCUT2D eigenvalue weighted by Crippen LogP contribution is -2.18. The van der Waals surface area contributed by atoms with Crippen LogP contribution in [0.15, 0.2) is 24.3 Å². The highest BCUT2D eigenvalue weighted by Crippen LogP contribution is 2.18. The predicted molar refractivity (Wildman–Crippen MR) is 62.4 cm³/mol. The molecule has 3 N–H and O–H groups in total. The van der Waals surface area contributed by atoms with Gasteiger partial charge in [-0.05, 0) is 53.6 Å². The highest BCUT2D eigenvalue weighted by atomic mass is 127. The summed E-state index contributed by atoms with van der Waals surface area (Å²) in [4.78, 5) is 0. The van der Waals surface area contributed by atoms with Gasteiger partial charge in [-0.15, -0.1) is 0 Å². The Labute approximate surface area is 92.3 Å². The average molecular weight is 291 g/mol. The summed E-state index contributed by atoms with van der Waals surface area (Å²) in [5.74, 6) is 0. The summed E-state index contributed by atoms with van der Waals surface area (Å²) in [5.41, 5.74) is 6.54. The smallest absolute Gasteiger partial charge is 0.0804 e. The van der Waals surface area contributed by atoms with E-state index in [1.807, 2.05) is 31.2 Å². The van der Waals surface area contributed by atoms with Gasteiger partial charge in [0.05, 0.1) is 6.10 Å². The van der Waals surface area contributed by atoms with E-state index < -0.39 is 6.10 Å². The van der Waals surface area contributed by atoms with Crippen molar-refractivity contribution >= 4 is 22.6 Å². The molecule has 1 aromatic rings. The summed E-state index contributed by atoms with van der Waals surface area (Å²) in [6, 6.07) is 7.89. The maximum Gasteiger partial charge on any atom is 0.0804 e. The number of hydrogen-bond donors (Lipinski definition) is 2. The highest BCUT2D eigenvalue weighted by molar-refractivity contribution is 14.1. The van der Waals surface area contributed by atoms with Crippen LogP contribution in [-0.4, -0.2) is 11.1 Å². The van der Waals surface area contributed by atoms with Crippen molar-refractivity contribution in [2.75, 3.05) is 0 Å². The van der Waals surface area contributed by atoms with Crippen LogP contribution < -0.4 is 5.73 Å². The van der Waals surface area contributed by atoms with Crippen molar-refractivity contribution in [3.63, 3.8) is 0 Å². The molecule has 0 radical (unpaired) electrons. The second-order valence-electron chi connectivity index (χ2n) is 3.28. The summed E-state index contributed by atoms with van der Waals surface area (Å²) in [6.07, 6.45) is 0.178. The Morgan fingerprint density at radius 2 is 1.92 bits per heavy atom. The minimum Gasteiger partial charge on any atom is -0.388 e. The molecular weight excluding hydrogens is 277 g/mol. The van der Waals surface area contributed by atoms with Gasteiger partial charge in [0.25, 0.3) is 0 Å². The van der Waals surface area contributed by atoms with Crippen molar-refractivity contribution in [1.29, 1.82) is 0 Å². The number of aliphatic hydroxyl groups is 1. The third kappa shape index (κ3) is 3.62. The summed E-state index contributed by atoms with van der Waals surface area (Å²) in [6.45, 7) is 1.90. The van der Waals surface area contributed by atoms with Gasteiger partial charge in [-0.3, -0.25) is 0 Å². The van der Waals surface area contributed by atoms with E-state index in [2.05, 4.69) is 22.6 Å². The van der Waals surface area contributed by atoms with Gasteiger partial charge in [-0.25, -0.2) is 0 Å². The Morgan fingerprint density at radius 3 is 2.38 bits per heavy atom. The van der Waals surface area contributed by atoms with E-state index in [1.54, 1.807) is 0 Å². The zero-order chi connectivity index (χ0) is 9.84. The first-order chi connectivity index (χ1) is 6.09. The van der Waals surface area contributed by atoms with Gasteiger partial charge in [0.2, 0.25) is 0 Å². The van der Waals surface area contributed by atoms with Crippen LogP contribution in [-0.2, 0) is 0 Å². The van der Waals surface area contributed by atoms with Crippen LogP contribution in [0.25, 0.3) is 0 Å². The Hall–Kier alpha value is -0.130. The molecule has 72 valence electrons. The lowest BCUT2D eigenvalue weighted by molar-refractivity contribution is 0.160. The van der Waals surface area contributed by atoms with E-state index >= 15 is 0 Å². The normalized spacial score (nSPS) is 15.4. The fourth-order valence-electron chi connectivity index (χ4n) is 1.17. The van der Waals surface area contributed by atoms with E-state index in [-0.39, 0.29) is 6.04 Å². The molecule has 1 aromatic carbocycles. The van der Waals surface area contributed by atoms with Crippen LogP contribution >= 0.6 is 22.6 Å². The van der Waals surface area contributed by atoms with Gasteiger partial charge in [-0.2, -0.15) is 0 Å². The topological polar surface area (TPSA) is 46.2 Å². The van der Waals surface area contributed by atoms with Crippen LogP contribution in [0.3, 0.4) is 0 Å². The molecule has 2 nitrogen and oxygen atoms in total. The molecule has 2 atom stereocenters. The number of nitrogens with two attached hydrogens (primary N) is 1. The second kappa shape index (κ2) is 4.93. The third-order valence-electron chi connectivity index (χ3n) is 1.85. The average Bonchev–Trinajstić information content (AvgIpc) is 2.04. The first-order valence-corrected chi connectivity index (χ1v) is 5.36. The quantitative estimate of drug-likeness (QED) is 0.837. The maximum absolute atomic E-state index is 9.70. The minimum absolute atomic E-state index is 0.0364. The summed E-state index contributed by atoms with van der Waals surface area (Å²) >= 11 is 2.24. The molecule has 1 rings (SSSR count). The van der Waals surface area contributed by atoms with E-state index in [1.165, 1.54) is 3.57 Å². The molecule has 0 saturated heterocycles. The van der Waals surface area contributed by atoms with Gasteiger partial charge in [-0.1, -0.05) is 12.1 Å². The number of aliphatic hydroxyl groups excluding tert-OH is 1. The van der Waals surface area contributed by atoms with Crippen molar-refractivity contribution < 1.29 is 5.11 Å². The Bertz CT molecular complexity index is 258. The van der Waals surface area contributed by atoms with Crippen molar-refractivity contribution in [1.82, 2.24) is 0 Å². The lowest BCUT2D eigenvalue weighted by Gasteiger charge is -2.13. The Balaban J connectivity index is 2.66. The maximum atomic E-state index is 9.70. The first kappa shape index (κ1) is 10.9. The fourth-order valence-corrected chi connectivity index (χ4v) is 1.53. The van der Waals surface area contributed by atoms with Gasteiger partial charge in [0.15, 0.2) is 0 Å². The van der Waals surface area contributed by atoms with Crippen LogP contribution in [0.2, 0.25) is 0 Å². The van der Waals surface area contributed by atoms with E-state index in [0.29, 0.717) is 6.42 Å². The molecule has 0 saturated carbocycles. The largest absolute Gasteiger partial charge is 0.388 e. The molecule has 3 heteroatoms. The zero-order valence-electron chi connectivity index (χ0n) is 7.57. The van der Waals surface area contributed by atoms with Crippen molar-refractivity contribution in [3.05, 3.63) is 33.4 Å². The number of halogens is 1. The zero-order valence-corrected chi connectivity index (χ0v) is 9.73. The Kier molecular flexibility index (Phi) is 4.15. The van der Waals surface area contributed by atoms with Crippen LogP contribution in [0.1, 0.15) is 25.0 Å². The van der Waals surface area contributed by atoms with E-state index in [0.717, 1.165) is 5.56 Å². The summed E-state index contributed by atoms with van der Waals surface area (Å²) in [5, 5.41) is 9.70. The Morgan fingerprint density at radius 1 is 1.38 bits per heavy atom. The molecule has 13 heavy (non-hydrogen) atoms. The molecule has 0 fully saturated rings. The predicted octanol–water partition coefficient (Wildman–Crippen LogP) is 2.06. The van der Waals surface area contributed by atoms with Gasteiger partial charge in [0.1, 0.15) is 0 Å². The number of rotatable bonds is 3. The molecule has 0 heterocycles. The van der Waals surface area contributed by atoms with Gasteiger partial charge >= 0.3 is 0 Å². The molecule has 0 spiro atoms. The van der Waals surface area contributed by atoms with Gasteiger partial charge in [0, 0.05) is 9.61 Å². The van der Waals surface area contributed by atoms with E-state index in [9.17, 15) is 5.11 Å². The van der Waals surface area contributed by atoms with Gasteiger partial charge < -0.3 is 10.8 Å². The molecule has 0 amide bonds. The monoisotopic (exact) mass is 291 g/mol. The van der Waals surface area contributed by atoms with Crippen molar-refractivity contribution in [3.8, 4) is 0 Å². The van der Waals surface area contributed by atoms with E-state index in [4.69, 9.17) is 5.73 Å². The summed E-state index contributed by atoms with van der Waals surface area (Å²) < 4.78 is 1.18. The highest BCUT2D eigenvalue weighted by Gasteiger charge is 2.08. The fraction of sp³-hybridized carbons (Fsp3) is 0.400. The molecule has 0 aromatic heterocycles. The number of benzene rings is 1.